The average Bonchev–Trinajstić information content (AvgIpc) is 3.54. The van der Waals surface area contributed by atoms with E-state index in [9.17, 15) is 0 Å². The molecular weight excluding hydrogens is 994 g/mol. The zero-order chi connectivity index (χ0) is 36.7. The predicted molar refractivity (Wildman–Crippen MR) is 215 cm³/mol. The van der Waals surface area contributed by atoms with Gasteiger partial charge in [0.05, 0.1) is 0 Å². The zero-order valence-electron chi connectivity index (χ0n) is 30.4. The van der Waals surface area contributed by atoms with Gasteiger partial charge in [-0.3, -0.25) is 0 Å². The van der Waals surface area contributed by atoms with Gasteiger partial charge in [0.25, 0.3) is 0 Å². The van der Waals surface area contributed by atoms with E-state index in [1.807, 2.05) is 129 Å². The Kier molecular flexibility index (Phi) is 12.2. The molecule has 2 atom stereocenters. The smallest absolute Gasteiger partial charge is 0.328 e. The molecule has 0 bridgehead atoms. The van der Waals surface area contributed by atoms with Crippen LogP contribution in [0.25, 0.3) is 50.3 Å². The third-order valence-corrected chi connectivity index (χ3v) is 16.5. The molecule has 7 nitrogen and oxygen atoms in total. The van der Waals surface area contributed by atoms with E-state index in [0.29, 0.717) is 38.2 Å². The molecular formula is C44H35N5O2P2PdPt. The van der Waals surface area contributed by atoms with Crippen LogP contribution in [0.2, 0.25) is 0 Å². The molecule has 0 amide bonds. The predicted octanol–water partition coefficient (Wildman–Crippen LogP) is 8.34. The first-order valence-electron chi connectivity index (χ1n) is 17.5. The van der Waals surface area contributed by atoms with E-state index in [-0.39, 0.29) is 52.8 Å². The molecule has 0 fully saturated rings. The summed E-state index contributed by atoms with van der Waals surface area (Å²) < 4.78 is 32.6. The van der Waals surface area contributed by atoms with E-state index in [1.165, 1.54) is 0 Å². The first kappa shape index (κ1) is 40.5. The molecule has 2 unspecified atom stereocenters. The van der Waals surface area contributed by atoms with E-state index in [4.69, 9.17) is 0 Å². The monoisotopic (exact) mass is 1030 g/mol. The van der Waals surface area contributed by atoms with Crippen LogP contribution in [0.15, 0.2) is 128 Å². The Bertz CT molecular complexity index is 2540. The molecule has 0 aliphatic carbocycles. The van der Waals surface area contributed by atoms with Crippen molar-refractivity contribution in [1.29, 1.82) is 0 Å². The van der Waals surface area contributed by atoms with Crippen molar-refractivity contribution in [1.82, 2.24) is 24.5 Å². The molecule has 4 aromatic carbocycles. The van der Waals surface area contributed by atoms with Gasteiger partial charge in [0, 0.05) is 36.1 Å². The minimum atomic E-state index is -3.28. The maximum absolute atomic E-state index is 15.4. The molecule has 4 aromatic heterocycles. The molecule has 8 rings (SSSR count). The van der Waals surface area contributed by atoms with Crippen LogP contribution in [-0.4, -0.2) is 35.8 Å². The van der Waals surface area contributed by atoms with Crippen molar-refractivity contribution in [3.8, 4) is 28.5 Å². The minimum Gasteiger partial charge on any atom is -0.328 e. The van der Waals surface area contributed by atoms with Crippen LogP contribution in [0.5, 0.6) is 0 Å². The topological polar surface area (TPSA) is 90.6 Å². The third kappa shape index (κ3) is 7.21. The van der Waals surface area contributed by atoms with Crippen LogP contribution in [0.1, 0.15) is 27.7 Å². The number of hydrogen-bond acceptors (Lipinski definition) is 6. The van der Waals surface area contributed by atoms with Gasteiger partial charge in [0.1, 0.15) is 14.3 Å². The van der Waals surface area contributed by atoms with Crippen molar-refractivity contribution in [2.45, 2.75) is 39.0 Å². The van der Waals surface area contributed by atoms with Crippen molar-refractivity contribution >= 4 is 57.3 Å². The summed E-state index contributed by atoms with van der Waals surface area (Å²) in [6, 6.07) is 46.5. The van der Waals surface area contributed by atoms with Gasteiger partial charge < -0.3 is 23.7 Å². The summed E-state index contributed by atoms with van der Waals surface area (Å²) in [6.45, 7) is 7.89. The minimum absolute atomic E-state index is 0. The van der Waals surface area contributed by atoms with Crippen molar-refractivity contribution in [3.05, 3.63) is 152 Å². The zero-order valence-corrected chi connectivity index (χ0v) is 36.0. The molecule has 8 aromatic rings. The second kappa shape index (κ2) is 16.5. The fraction of sp³-hybridized carbons (Fsp3) is 0.136. The summed E-state index contributed by atoms with van der Waals surface area (Å²) in [7, 11) is -6.56. The van der Waals surface area contributed by atoms with Gasteiger partial charge in [-0.15, -0.1) is 71.8 Å². The van der Waals surface area contributed by atoms with Crippen molar-refractivity contribution in [2.24, 2.45) is 0 Å². The number of aromatic nitrogens is 5. The van der Waals surface area contributed by atoms with Gasteiger partial charge >= 0.3 is 41.5 Å². The third-order valence-electron chi connectivity index (χ3n) is 9.64. The van der Waals surface area contributed by atoms with Gasteiger partial charge in [-0.1, -0.05) is 84.2 Å². The normalized spacial score (nSPS) is 13.6. The Balaban J connectivity index is 0.00000257. The quantitative estimate of drug-likeness (QED) is 0.0822. The summed E-state index contributed by atoms with van der Waals surface area (Å²) >= 11 is 0. The Morgan fingerprint density at radius 2 is 0.909 bits per heavy atom. The average molecular weight is 1030 g/mol. The maximum atomic E-state index is 15.4. The molecule has 0 radical (unpaired) electrons. The van der Waals surface area contributed by atoms with Crippen LogP contribution in [0.3, 0.4) is 0 Å². The molecule has 0 aliphatic rings. The van der Waals surface area contributed by atoms with Crippen LogP contribution in [-0.2, 0) is 50.6 Å². The maximum Gasteiger partial charge on any atom is 2.00 e. The first-order valence-corrected chi connectivity index (χ1v) is 21.0. The fourth-order valence-corrected chi connectivity index (χ4v) is 11.9. The first-order chi connectivity index (χ1) is 25.7. The van der Waals surface area contributed by atoms with Gasteiger partial charge in [-0.05, 0) is 29.6 Å². The van der Waals surface area contributed by atoms with Gasteiger partial charge in [0.15, 0.2) is 0 Å². The van der Waals surface area contributed by atoms with E-state index < -0.39 is 14.3 Å². The van der Waals surface area contributed by atoms with E-state index in [2.05, 4.69) is 44.2 Å². The number of rotatable bonds is 9. The Hall–Kier alpha value is -4.13. The van der Waals surface area contributed by atoms with Crippen molar-refractivity contribution in [3.63, 3.8) is 0 Å². The number of benzene rings is 4. The molecule has 11 heteroatoms. The molecule has 278 valence electrons. The fourth-order valence-electron chi connectivity index (χ4n) is 6.85. The number of nitrogens with zero attached hydrogens (tertiary/aromatic N) is 5. The summed E-state index contributed by atoms with van der Waals surface area (Å²) in [6.07, 6.45) is 6.85. The second-order valence-electron chi connectivity index (χ2n) is 13.4. The molecule has 4 heterocycles. The van der Waals surface area contributed by atoms with E-state index >= 15 is 9.13 Å². The van der Waals surface area contributed by atoms with Crippen molar-refractivity contribution in [2.75, 3.05) is 0 Å². The Morgan fingerprint density at radius 1 is 0.491 bits per heavy atom. The molecule has 0 saturated carbocycles. The number of hydrogen-bond donors (Lipinski definition) is 0. The largest absolute Gasteiger partial charge is 2.00 e. The Morgan fingerprint density at radius 3 is 1.31 bits per heavy atom. The molecule has 0 N–H and O–H groups in total. The summed E-state index contributed by atoms with van der Waals surface area (Å²) in [5.41, 5.74) is 3.89. The summed E-state index contributed by atoms with van der Waals surface area (Å²) in [4.78, 5) is 18.3. The summed E-state index contributed by atoms with van der Waals surface area (Å²) in [5.74, 6) is 0.403. The van der Waals surface area contributed by atoms with Crippen LogP contribution < -0.4 is 21.2 Å². The molecule has 55 heavy (non-hydrogen) atoms. The van der Waals surface area contributed by atoms with Gasteiger partial charge in [-0.25, -0.2) is 9.97 Å². The van der Waals surface area contributed by atoms with Crippen LogP contribution >= 0.6 is 14.3 Å². The van der Waals surface area contributed by atoms with E-state index in [1.54, 1.807) is 30.9 Å². The SMILES string of the molecule is CC(C)P(=O)(c1[c-]c(-c2ccccn2)ccc1)c1[c-]c2c(cc1)c1ccc(P(=O)(c3[c-]c(-c4ccccn4)ccc3)C(C)C)[c-]c1n2-c1ncccn1.[Pd+2].[Pt+2]. The second-order valence-corrected chi connectivity index (χ2v) is 20.1. The number of pyridine rings is 2. The molecule has 0 spiro atoms. The van der Waals surface area contributed by atoms with Gasteiger partial charge in [-0.2, -0.15) is 35.0 Å². The van der Waals surface area contributed by atoms with Gasteiger partial charge in [0.2, 0.25) is 5.95 Å². The molecule has 0 aliphatic heterocycles. The Labute approximate surface area is 349 Å². The van der Waals surface area contributed by atoms with Crippen LogP contribution in [0.4, 0.5) is 0 Å². The molecule has 0 saturated heterocycles. The standard InChI is InChI=1S/C44H35N5O2P2.Pd.Pt/c1-30(2)52(50,34-14-9-12-32(26-34)40-16-5-7-22-45-40)36-18-20-38-39-21-19-37(29-43(39)49(42(38)28-36)44-47-24-11-25-48-44)53(51,31(3)4)35-15-10-13-33(27-35)41-17-6-8-23-46-41;;/h5-25,30-31H,1-4H3;;/q-4;2*+2. The summed E-state index contributed by atoms with van der Waals surface area (Å²) in [5, 5.41) is 4.10. The van der Waals surface area contributed by atoms with Crippen LogP contribution in [0, 0.1) is 24.3 Å². The van der Waals surface area contributed by atoms with Crippen molar-refractivity contribution < 1.29 is 50.6 Å². The number of fused-ring (bicyclic) bond motifs is 3. The van der Waals surface area contributed by atoms with E-state index in [0.717, 1.165) is 33.3 Å².